The van der Waals surface area contributed by atoms with Gasteiger partial charge < -0.3 is 14.7 Å². The third-order valence-corrected chi connectivity index (χ3v) is 1.93. The average molecular weight is 193 g/mol. The van der Waals surface area contributed by atoms with Crippen LogP contribution in [0.15, 0.2) is 21.4 Å². The predicted molar refractivity (Wildman–Crippen MR) is 49.5 cm³/mol. The number of nitrogens with two attached hydrogens (primary N) is 1. The van der Waals surface area contributed by atoms with E-state index >= 15 is 0 Å². The minimum absolute atomic E-state index is 0.530. The molecular formula is C9H11N3O2. The van der Waals surface area contributed by atoms with Crippen molar-refractivity contribution in [1.82, 2.24) is 10.1 Å². The summed E-state index contributed by atoms with van der Waals surface area (Å²) >= 11 is 0. The fourth-order valence-electron chi connectivity index (χ4n) is 1.20. The van der Waals surface area contributed by atoms with Crippen LogP contribution in [-0.4, -0.2) is 16.7 Å². The van der Waals surface area contributed by atoms with Gasteiger partial charge in [-0.3, -0.25) is 0 Å². The maximum absolute atomic E-state index is 5.46. The number of rotatable bonds is 3. The van der Waals surface area contributed by atoms with E-state index in [1.165, 1.54) is 0 Å². The first-order valence-electron chi connectivity index (χ1n) is 4.37. The molecule has 2 aromatic rings. The molecule has 0 atom stereocenters. The SMILES string of the molecule is Cc1nocc1-c1cnc(CCN)o1. The molecule has 2 rings (SSSR count). The Kier molecular flexibility index (Phi) is 2.32. The highest BCUT2D eigenvalue weighted by Crippen LogP contribution is 2.22. The first-order chi connectivity index (χ1) is 6.81. The van der Waals surface area contributed by atoms with E-state index in [-0.39, 0.29) is 0 Å². The van der Waals surface area contributed by atoms with Gasteiger partial charge >= 0.3 is 0 Å². The minimum Gasteiger partial charge on any atom is -0.440 e. The van der Waals surface area contributed by atoms with Crippen LogP contribution >= 0.6 is 0 Å². The van der Waals surface area contributed by atoms with E-state index in [0.29, 0.717) is 24.6 Å². The van der Waals surface area contributed by atoms with E-state index in [0.717, 1.165) is 11.3 Å². The van der Waals surface area contributed by atoms with E-state index < -0.39 is 0 Å². The molecule has 0 aromatic carbocycles. The van der Waals surface area contributed by atoms with E-state index in [2.05, 4.69) is 10.1 Å². The molecule has 0 saturated heterocycles. The molecule has 14 heavy (non-hydrogen) atoms. The molecule has 0 bridgehead atoms. The summed E-state index contributed by atoms with van der Waals surface area (Å²) in [7, 11) is 0. The minimum atomic E-state index is 0.530. The quantitative estimate of drug-likeness (QED) is 0.790. The van der Waals surface area contributed by atoms with Gasteiger partial charge in [0.25, 0.3) is 0 Å². The zero-order valence-electron chi connectivity index (χ0n) is 7.86. The maximum atomic E-state index is 5.46. The largest absolute Gasteiger partial charge is 0.440 e. The van der Waals surface area contributed by atoms with Crippen molar-refractivity contribution in [3.63, 3.8) is 0 Å². The fraction of sp³-hybridized carbons (Fsp3) is 0.333. The average Bonchev–Trinajstić information content (AvgIpc) is 2.74. The summed E-state index contributed by atoms with van der Waals surface area (Å²) in [6.45, 7) is 2.38. The lowest BCUT2D eigenvalue weighted by Gasteiger charge is -1.90. The van der Waals surface area contributed by atoms with Crippen molar-refractivity contribution in [3.8, 4) is 11.3 Å². The molecule has 0 spiro atoms. The number of hydrogen-bond donors (Lipinski definition) is 1. The van der Waals surface area contributed by atoms with Gasteiger partial charge in [-0.25, -0.2) is 4.98 Å². The van der Waals surface area contributed by atoms with Gasteiger partial charge in [-0.05, 0) is 6.92 Å². The number of aromatic nitrogens is 2. The Morgan fingerprint density at radius 1 is 1.50 bits per heavy atom. The van der Waals surface area contributed by atoms with E-state index in [1.807, 2.05) is 6.92 Å². The van der Waals surface area contributed by atoms with Crippen LogP contribution in [0.4, 0.5) is 0 Å². The van der Waals surface area contributed by atoms with Gasteiger partial charge in [0.15, 0.2) is 11.7 Å². The van der Waals surface area contributed by atoms with Crippen molar-refractivity contribution < 1.29 is 8.94 Å². The monoisotopic (exact) mass is 193 g/mol. The second-order valence-corrected chi connectivity index (χ2v) is 2.97. The van der Waals surface area contributed by atoms with Gasteiger partial charge in [-0.15, -0.1) is 0 Å². The zero-order chi connectivity index (χ0) is 9.97. The van der Waals surface area contributed by atoms with Gasteiger partial charge in [0.05, 0.1) is 17.5 Å². The standard InChI is InChI=1S/C9H11N3O2/c1-6-7(5-13-12-6)8-4-11-9(14-8)2-3-10/h4-5H,2-3,10H2,1H3. The second-order valence-electron chi connectivity index (χ2n) is 2.97. The van der Waals surface area contributed by atoms with Crippen LogP contribution in [0.2, 0.25) is 0 Å². The molecule has 0 aliphatic rings. The summed E-state index contributed by atoms with van der Waals surface area (Å²) in [6, 6.07) is 0. The van der Waals surface area contributed by atoms with Gasteiger partial charge in [0.2, 0.25) is 0 Å². The Bertz CT molecular complexity index is 419. The summed E-state index contributed by atoms with van der Waals surface area (Å²) < 4.78 is 10.3. The van der Waals surface area contributed by atoms with Gasteiger partial charge in [0, 0.05) is 13.0 Å². The van der Waals surface area contributed by atoms with Crippen LogP contribution in [-0.2, 0) is 6.42 Å². The first kappa shape index (κ1) is 8.96. The molecular weight excluding hydrogens is 182 g/mol. The van der Waals surface area contributed by atoms with Crippen LogP contribution in [0.25, 0.3) is 11.3 Å². The lowest BCUT2D eigenvalue weighted by Crippen LogP contribution is -2.02. The molecule has 5 nitrogen and oxygen atoms in total. The van der Waals surface area contributed by atoms with E-state index in [9.17, 15) is 0 Å². The molecule has 0 amide bonds. The van der Waals surface area contributed by atoms with Crippen molar-refractivity contribution in [1.29, 1.82) is 0 Å². The smallest absolute Gasteiger partial charge is 0.196 e. The van der Waals surface area contributed by atoms with Gasteiger partial charge in [0.1, 0.15) is 6.26 Å². The molecule has 0 fully saturated rings. The van der Waals surface area contributed by atoms with Crippen LogP contribution in [0, 0.1) is 6.92 Å². The van der Waals surface area contributed by atoms with Crippen molar-refractivity contribution in [2.24, 2.45) is 5.73 Å². The van der Waals surface area contributed by atoms with Crippen LogP contribution < -0.4 is 5.73 Å². The fourth-order valence-corrected chi connectivity index (χ4v) is 1.20. The summed E-state index contributed by atoms with van der Waals surface area (Å²) in [5.74, 6) is 1.32. The van der Waals surface area contributed by atoms with Crippen LogP contribution in [0.5, 0.6) is 0 Å². The molecule has 0 aliphatic carbocycles. The second kappa shape index (κ2) is 3.63. The summed E-state index contributed by atoms with van der Waals surface area (Å²) in [6.07, 6.45) is 3.84. The number of nitrogens with zero attached hydrogens (tertiary/aromatic N) is 2. The highest BCUT2D eigenvalue weighted by molar-refractivity contribution is 5.57. The molecule has 0 unspecified atom stereocenters. The molecule has 0 aliphatic heterocycles. The third-order valence-electron chi connectivity index (χ3n) is 1.93. The Labute approximate surface area is 80.9 Å². The van der Waals surface area contributed by atoms with E-state index in [4.69, 9.17) is 14.7 Å². The summed E-state index contributed by atoms with van der Waals surface area (Å²) in [5.41, 5.74) is 7.01. The molecule has 74 valence electrons. The number of oxazole rings is 1. The molecule has 2 N–H and O–H groups in total. The van der Waals surface area contributed by atoms with Crippen molar-refractivity contribution in [2.45, 2.75) is 13.3 Å². The highest BCUT2D eigenvalue weighted by atomic mass is 16.5. The molecule has 0 radical (unpaired) electrons. The Balaban J connectivity index is 2.29. The van der Waals surface area contributed by atoms with Crippen LogP contribution in [0.1, 0.15) is 11.6 Å². The Morgan fingerprint density at radius 3 is 3.00 bits per heavy atom. The van der Waals surface area contributed by atoms with Crippen molar-refractivity contribution >= 4 is 0 Å². The lowest BCUT2D eigenvalue weighted by molar-refractivity contribution is 0.415. The zero-order valence-corrected chi connectivity index (χ0v) is 7.86. The van der Waals surface area contributed by atoms with Crippen LogP contribution in [0.3, 0.4) is 0 Å². The normalized spacial score (nSPS) is 10.7. The van der Waals surface area contributed by atoms with Crippen molar-refractivity contribution in [2.75, 3.05) is 6.54 Å². The number of hydrogen-bond acceptors (Lipinski definition) is 5. The topological polar surface area (TPSA) is 78.1 Å². The number of aryl methyl sites for hydroxylation is 1. The van der Waals surface area contributed by atoms with Gasteiger partial charge in [-0.2, -0.15) is 0 Å². The molecule has 0 saturated carbocycles. The maximum Gasteiger partial charge on any atom is 0.196 e. The lowest BCUT2D eigenvalue weighted by atomic mass is 10.2. The predicted octanol–water partition coefficient (Wildman–Crippen LogP) is 1.14. The van der Waals surface area contributed by atoms with Crippen molar-refractivity contribution in [3.05, 3.63) is 24.0 Å². The Hall–Kier alpha value is -1.62. The van der Waals surface area contributed by atoms with E-state index in [1.54, 1.807) is 12.5 Å². The first-order valence-corrected chi connectivity index (χ1v) is 4.37. The Morgan fingerprint density at radius 2 is 2.36 bits per heavy atom. The summed E-state index contributed by atoms with van der Waals surface area (Å²) in [5, 5.41) is 3.76. The molecule has 2 heterocycles. The molecule has 2 aromatic heterocycles. The molecule has 5 heteroatoms. The highest BCUT2D eigenvalue weighted by Gasteiger charge is 2.11. The third kappa shape index (κ3) is 1.54. The summed E-state index contributed by atoms with van der Waals surface area (Å²) in [4.78, 5) is 4.09. The van der Waals surface area contributed by atoms with Gasteiger partial charge in [-0.1, -0.05) is 5.16 Å².